The minimum atomic E-state index is -0.727. The normalized spacial score (nSPS) is 10.2. The number of anilines is 1. The molecule has 0 atom stereocenters. The standard InChI is InChI=1S/C23H18N2O6/c26-21(17-9-11-20(12-10-17)25(29)30)15-31-23(28)18-7-4-8-19(14-18)24-22(27)13-16-5-2-1-3-6-16/h1-12,14H,13,15H2,(H,24,27). The number of nitrogens with one attached hydrogen (secondary N) is 1. The molecule has 31 heavy (non-hydrogen) atoms. The highest BCUT2D eigenvalue weighted by molar-refractivity contribution is 6.00. The molecule has 3 aromatic carbocycles. The third kappa shape index (κ3) is 6.07. The van der Waals surface area contributed by atoms with Crippen LogP contribution < -0.4 is 5.32 Å². The number of Topliss-reactive ketones (excluding diaryl/α,β-unsaturated/α-hetero) is 1. The van der Waals surface area contributed by atoms with Gasteiger partial charge in [-0.25, -0.2) is 4.79 Å². The van der Waals surface area contributed by atoms with Gasteiger partial charge in [0.25, 0.3) is 5.69 Å². The third-order valence-electron chi connectivity index (χ3n) is 4.32. The van der Waals surface area contributed by atoms with Crippen LogP contribution in [0.1, 0.15) is 26.3 Å². The number of benzene rings is 3. The average molecular weight is 418 g/mol. The summed E-state index contributed by atoms with van der Waals surface area (Å²) in [6.07, 6.45) is 0.194. The zero-order chi connectivity index (χ0) is 22.2. The summed E-state index contributed by atoms with van der Waals surface area (Å²) >= 11 is 0. The Bertz CT molecular complexity index is 1110. The number of ketones is 1. The zero-order valence-electron chi connectivity index (χ0n) is 16.3. The average Bonchev–Trinajstić information content (AvgIpc) is 2.78. The fourth-order valence-corrected chi connectivity index (χ4v) is 2.78. The molecule has 0 aliphatic rings. The van der Waals surface area contributed by atoms with Crippen LogP contribution in [-0.4, -0.2) is 29.2 Å². The number of ether oxygens (including phenoxy) is 1. The fraction of sp³-hybridized carbons (Fsp3) is 0.0870. The lowest BCUT2D eigenvalue weighted by Crippen LogP contribution is -2.16. The van der Waals surface area contributed by atoms with E-state index in [1.54, 1.807) is 12.1 Å². The van der Waals surface area contributed by atoms with Crippen molar-refractivity contribution in [3.05, 3.63) is 106 Å². The maximum absolute atomic E-state index is 12.3. The number of esters is 1. The van der Waals surface area contributed by atoms with Crippen molar-refractivity contribution in [3.63, 3.8) is 0 Å². The van der Waals surface area contributed by atoms with Gasteiger partial charge in [0.1, 0.15) is 0 Å². The molecular weight excluding hydrogens is 400 g/mol. The summed E-state index contributed by atoms with van der Waals surface area (Å²) in [5.74, 6) is -1.45. The van der Waals surface area contributed by atoms with Crippen LogP contribution in [0.3, 0.4) is 0 Å². The van der Waals surface area contributed by atoms with Crippen molar-refractivity contribution >= 4 is 29.0 Å². The Morgan fingerprint density at radius 2 is 1.58 bits per heavy atom. The number of nitrogens with zero attached hydrogens (tertiary/aromatic N) is 1. The smallest absolute Gasteiger partial charge is 0.338 e. The second kappa shape index (κ2) is 9.93. The number of nitro benzene ring substituents is 1. The van der Waals surface area contributed by atoms with Crippen molar-refractivity contribution in [1.29, 1.82) is 0 Å². The molecule has 0 unspecified atom stereocenters. The number of amides is 1. The maximum Gasteiger partial charge on any atom is 0.338 e. The second-order valence-electron chi connectivity index (χ2n) is 6.59. The largest absolute Gasteiger partial charge is 0.454 e. The number of hydrogen-bond acceptors (Lipinski definition) is 6. The summed E-state index contributed by atoms with van der Waals surface area (Å²) in [6, 6.07) is 20.4. The van der Waals surface area contributed by atoms with Crippen LogP contribution >= 0.6 is 0 Å². The van der Waals surface area contributed by atoms with E-state index in [0.717, 1.165) is 5.56 Å². The molecule has 3 rings (SSSR count). The molecule has 156 valence electrons. The van der Waals surface area contributed by atoms with Crippen molar-refractivity contribution in [2.75, 3.05) is 11.9 Å². The summed E-state index contributed by atoms with van der Waals surface area (Å²) in [7, 11) is 0. The molecule has 0 radical (unpaired) electrons. The topological polar surface area (TPSA) is 116 Å². The Kier molecular flexibility index (Phi) is 6.85. The number of carbonyl (C=O) groups excluding carboxylic acids is 3. The first-order valence-electron chi connectivity index (χ1n) is 9.31. The van der Waals surface area contributed by atoms with E-state index in [1.807, 2.05) is 30.3 Å². The van der Waals surface area contributed by atoms with Crippen LogP contribution in [0.4, 0.5) is 11.4 Å². The van der Waals surface area contributed by atoms with Crippen molar-refractivity contribution < 1.29 is 24.0 Å². The molecule has 0 saturated carbocycles. The molecule has 0 spiro atoms. The number of rotatable bonds is 8. The summed E-state index contributed by atoms with van der Waals surface area (Å²) in [4.78, 5) is 46.7. The molecular formula is C23H18N2O6. The number of hydrogen-bond donors (Lipinski definition) is 1. The minimum absolute atomic E-state index is 0.139. The molecule has 8 nitrogen and oxygen atoms in total. The molecule has 0 aliphatic carbocycles. The number of nitro groups is 1. The predicted molar refractivity (Wildman–Crippen MR) is 113 cm³/mol. The van der Waals surface area contributed by atoms with E-state index in [4.69, 9.17) is 4.74 Å². The van der Waals surface area contributed by atoms with Crippen LogP contribution in [0.5, 0.6) is 0 Å². The maximum atomic E-state index is 12.3. The third-order valence-corrected chi connectivity index (χ3v) is 4.32. The number of carbonyl (C=O) groups is 3. The van der Waals surface area contributed by atoms with Gasteiger partial charge in [-0.1, -0.05) is 36.4 Å². The van der Waals surface area contributed by atoms with E-state index in [2.05, 4.69) is 5.32 Å². The highest BCUT2D eigenvalue weighted by Gasteiger charge is 2.14. The number of non-ortho nitro benzene ring substituents is 1. The van der Waals surface area contributed by atoms with Crippen LogP contribution in [0.25, 0.3) is 0 Å². The predicted octanol–water partition coefficient (Wildman–Crippen LogP) is 3.82. The monoisotopic (exact) mass is 418 g/mol. The van der Waals surface area contributed by atoms with Crippen LogP contribution in [0.15, 0.2) is 78.9 Å². The lowest BCUT2D eigenvalue weighted by Gasteiger charge is -2.08. The Morgan fingerprint density at radius 3 is 2.26 bits per heavy atom. The van der Waals surface area contributed by atoms with E-state index in [0.29, 0.717) is 5.69 Å². The highest BCUT2D eigenvalue weighted by atomic mass is 16.6. The summed E-state index contributed by atoms with van der Waals surface area (Å²) in [5, 5.41) is 13.4. The van der Waals surface area contributed by atoms with E-state index < -0.39 is 23.3 Å². The lowest BCUT2D eigenvalue weighted by atomic mass is 10.1. The summed E-state index contributed by atoms with van der Waals surface area (Å²) in [6.45, 7) is -0.513. The first kappa shape index (κ1) is 21.4. The molecule has 0 heterocycles. The van der Waals surface area contributed by atoms with Gasteiger partial charge in [0.2, 0.25) is 5.91 Å². The van der Waals surface area contributed by atoms with Crippen molar-refractivity contribution in [3.8, 4) is 0 Å². The van der Waals surface area contributed by atoms with Gasteiger partial charge in [0.15, 0.2) is 12.4 Å². The van der Waals surface area contributed by atoms with Gasteiger partial charge in [-0.05, 0) is 35.9 Å². The summed E-state index contributed by atoms with van der Waals surface area (Å²) < 4.78 is 5.04. The van der Waals surface area contributed by atoms with Gasteiger partial charge in [-0.3, -0.25) is 19.7 Å². The quantitative estimate of drug-likeness (QED) is 0.257. The van der Waals surface area contributed by atoms with E-state index in [-0.39, 0.29) is 29.1 Å². The fourth-order valence-electron chi connectivity index (χ4n) is 2.78. The Morgan fingerprint density at radius 1 is 0.871 bits per heavy atom. The van der Waals surface area contributed by atoms with Crippen LogP contribution in [0.2, 0.25) is 0 Å². The molecule has 0 aromatic heterocycles. The van der Waals surface area contributed by atoms with Gasteiger partial charge < -0.3 is 10.1 Å². The van der Waals surface area contributed by atoms with Gasteiger partial charge in [0, 0.05) is 23.4 Å². The van der Waals surface area contributed by atoms with E-state index in [1.165, 1.54) is 36.4 Å². The minimum Gasteiger partial charge on any atom is -0.454 e. The second-order valence-corrected chi connectivity index (χ2v) is 6.59. The zero-order valence-corrected chi connectivity index (χ0v) is 16.3. The Labute approximate surface area is 177 Å². The first-order valence-corrected chi connectivity index (χ1v) is 9.31. The lowest BCUT2D eigenvalue weighted by molar-refractivity contribution is -0.384. The van der Waals surface area contributed by atoms with E-state index in [9.17, 15) is 24.5 Å². The Hall–Kier alpha value is -4.33. The van der Waals surface area contributed by atoms with Gasteiger partial charge in [-0.2, -0.15) is 0 Å². The molecule has 0 saturated heterocycles. The van der Waals surface area contributed by atoms with Crippen LogP contribution in [-0.2, 0) is 16.0 Å². The van der Waals surface area contributed by atoms with Crippen molar-refractivity contribution in [2.24, 2.45) is 0 Å². The molecule has 3 aromatic rings. The van der Waals surface area contributed by atoms with Gasteiger partial charge >= 0.3 is 5.97 Å². The highest BCUT2D eigenvalue weighted by Crippen LogP contribution is 2.15. The molecule has 1 amide bonds. The van der Waals surface area contributed by atoms with Crippen molar-refractivity contribution in [2.45, 2.75) is 6.42 Å². The first-order chi connectivity index (χ1) is 14.9. The van der Waals surface area contributed by atoms with Crippen molar-refractivity contribution in [1.82, 2.24) is 0 Å². The molecule has 0 aliphatic heterocycles. The molecule has 1 N–H and O–H groups in total. The summed E-state index contributed by atoms with van der Waals surface area (Å²) in [5.41, 5.74) is 1.52. The van der Waals surface area contributed by atoms with Gasteiger partial charge in [0.05, 0.1) is 16.9 Å². The molecule has 8 heteroatoms. The van der Waals surface area contributed by atoms with Crippen LogP contribution in [0, 0.1) is 10.1 Å². The SMILES string of the molecule is O=C(Cc1ccccc1)Nc1cccc(C(=O)OCC(=O)c2ccc([N+](=O)[O-])cc2)c1. The molecule has 0 bridgehead atoms. The Balaban J connectivity index is 1.56. The van der Waals surface area contributed by atoms with Gasteiger partial charge in [-0.15, -0.1) is 0 Å². The van der Waals surface area contributed by atoms with E-state index >= 15 is 0 Å². The molecule has 0 fully saturated rings.